The lowest BCUT2D eigenvalue weighted by Crippen LogP contribution is -2.11. The van der Waals surface area contributed by atoms with Crippen molar-refractivity contribution >= 4 is 32.7 Å². The zero-order chi connectivity index (χ0) is 14.3. The monoisotopic (exact) mass is 307 g/mol. The molecule has 0 unspecified atom stereocenters. The van der Waals surface area contributed by atoms with Crippen LogP contribution in [0.5, 0.6) is 0 Å². The fourth-order valence-electron chi connectivity index (χ4n) is 1.91. The number of hydrogen-bond donors (Lipinski definition) is 0. The van der Waals surface area contributed by atoms with Gasteiger partial charge in [-0.05, 0) is 36.7 Å². The molecule has 0 atom stereocenters. The van der Waals surface area contributed by atoms with Crippen molar-refractivity contribution in [3.8, 4) is 0 Å². The van der Waals surface area contributed by atoms with E-state index in [1.807, 2.05) is 6.92 Å². The van der Waals surface area contributed by atoms with Crippen molar-refractivity contribution in [3.63, 3.8) is 0 Å². The Morgan fingerprint density at radius 3 is 2.55 bits per heavy atom. The summed E-state index contributed by atoms with van der Waals surface area (Å²) in [6.45, 7) is 1.90. The van der Waals surface area contributed by atoms with Gasteiger partial charge in [0, 0.05) is 6.20 Å². The molecule has 102 valence electrons. The smallest absolute Gasteiger partial charge is 0.238 e. The van der Waals surface area contributed by atoms with E-state index in [-0.39, 0.29) is 10.2 Å². The third kappa shape index (κ3) is 2.07. The fourth-order valence-corrected chi connectivity index (χ4v) is 3.38. The maximum absolute atomic E-state index is 12.6. The fraction of sp³-hybridized carbons (Fsp3) is 0.0769. The number of rotatable bonds is 2. The number of hydrogen-bond acceptors (Lipinski definition) is 4. The minimum atomic E-state index is -3.66. The van der Waals surface area contributed by atoms with Gasteiger partial charge in [0.05, 0.1) is 16.6 Å². The highest BCUT2D eigenvalue weighted by molar-refractivity contribution is 7.90. The van der Waals surface area contributed by atoms with Crippen LogP contribution in [0.3, 0.4) is 0 Å². The number of halogens is 1. The summed E-state index contributed by atoms with van der Waals surface area (Å²) in [6.07, 6.45) is 2.85. The zero-order valence-electron chi connectivity index (χ0n) is 10.5. The van der Waals surface area contributed by atoms with Crippen LogP contribution in [0.15, 0.2) is 47.6 Å². The Labute approximate surface area is 120 Å². The van der Waals surface area contributed by atoms with Gasteiger partial charge in [0.15, 0.2) is 0 Å². The van der Waals surface area contributed by atoms with Gasteiger partial charge in [-0.2, -0.15) is 0 Å². The lowest BCUT2D eigenvalue weighted by Gasteiger charge is -2.07. The van der Waals surface area contributed by atoms with E-state index in [9.17, 15) is 8.42 Å². The van der Waals surface area contributed by atoms with E-state index in [0.29, 0.717) is 11.0 Å². The van der Waals surface area contributed by atoms with Crippen LogP contribution in [0.4, 0.5) is 0 Å². The Morgan fingerprint density at radius 2 is 1.85 bits per heavy atom. The number of nitrogens with zero attached hydrogens (tertiary/aromatic N) is 3. The van der Waals surface area contributed by atoms with E-state index >= 15 is 0 Å². The van der Waals surface area contributed by atoms with E-state index in [0.717, 1.165) is 9.54 Å². The number of aryl methyl sites for hydroxylation is 1. The average Bonchev–Trinajstić information content (AvgIpc) is 2.82. The highest BCUT2D eigenvalue weighted by Gasteiger charge is 2.19. The van der Waals surface area contributed by atoms with Crippen molar-refractivity contribution in [2.24, 2.45) is 0 Å². The van der Waals surface area contributed by atoms with Gasteiger partial charge < -0.3 is 0 Å². The molecule has 3 aromatic rings. The van der Waals surface area contributed by atoms with Gasteiger partial charge in [-0.1, -0.05) is 17.7 Å². The van der Waals surface area contributed by atoms with Crippen LogP contribution >= 0.6 is 11.6 Å². The van der Waals surface area contributed by atoms with Crippen LogP contribution in [0.2, 0.25) is 5.28 Å². The predicted molar refractivity (Wildman–Crippen MR) is 76.3 cm³/mol. The molecule has 0 fully saturated rings. The summed E-state index contributed by atoms with van der Waals surface area (Å²) in [5.41, 5.74) is 1.88. The summed E-state index contributed by atoms with van der Waals surface area (Å²) in [5.74, 6) is 0. The Kier molecular flexibility index (Phi) is 2.99. The SMILES string of the molecule is Cc1ccc(S(=O)(=O)n2ccc3nc(Cl)ncc32)cc1. The van der Waals surface area contributed by atoms with Crippen LogP contribution in [-0.2, 0) is 10.0 Å². The summed E-state index contributed by atoms with van der Waals surface area (Å²) < 4.78 is 26.3. The summed E-state index contributed by atoms with van der Waals surface area (Å²) >= 11 is 5.70. The van der Waals surface area contributed by atoms with Gasteiger partial charge >= 0.3 is 0 Å². The number of fused-ring (bicyclic) bond motifs is 1. The Hall–Kier alpha value is -1.92. The second kappa shape index (κ2) is 4.57. The van der Waals surface area contributed by atoms with E-state index in [1.54, 1.807) is 30.3 Å². The molecule has 0 aliphatic heterocycles. The quantitative estimate of drug-likeness (QED) is 0.683. The van der Waals surface area contributed by atoms with Crippen LogP contribution in [0.25, 0.3) is 11.0 Å². The summed E-state index contributed by atoms with van der Waals surface area (Å²) in [4.78, 5) is 8.04. The first-order valence-electron chi connectivity index (χ1n) is 5.80. The molecule has 1 aromatic carbocycles. The third-order valence-corrected chi connectivity index (χ3v) is 4.84. The van der Waals surface area contributed by atoms with E-state index in [2.05, 4.69) is 9.97 Å². The molecule has 0 aliphatic carbocycles. The topological polar surface area (TPSA) is 64.8 Å². The Balaban J connectivity index is 2.21. The molecule has 2 aromatic heterocycles. The molecular weight excluding hydrogens is 298 g/mol. The van der Waals surface area contributed by atoms with Crippen LogP contribution in [0, 0.1) is 6.92 Å². The van der Waals surface area contributed by atoms with Crippen LogP contribution in [-0.4, -0.2) is 22.4 Å². The second-order valence-electron chi connectivity index (χ2n) is 4.34. The number of aromatic nitrogens is 3. The van der Waals surface area contributed by atoms with Gasteiger partial charge in [0.2, 0.25) is 5.28 Å². The predicted octanol–water partition coefficient (Wildman–Crippen LogP) is 2.63. The minimum absolute atomic E-state index is 0.0861. The van der Waals surface area contributed by atoms with E-state index < -0.39 is 10.0 Å². The minimum Gasteiger partial charge on any atom is -0.238 e. The molecule has 2 heterocycles. The molecule has 0 radical (unpaired) electrons. The first-order chi connectivity index (χ1) is 9.48. The van der Waals surface area contributed by atoms with Gasteiger partial charge in [0.1, 0.15) is 5.52 Å². The molecule has 5 nitrogen and oxygen atoms in total. The van der Waals surface area contributed by atoms with Gasteiger partial charge in [-0.3, -0.25) is 0 Å². The summed E-state index contributed by atoms with van der Waals surface area (Å²) in [5, 5.41) is 0.0861. The summed E-state index contributed by atoms with van der Waals surface area (Å²) in [7, 11) is -3.66. The highest BCUT2D eigenvalue weighted by Crippen LogP contribution is 2.21. The highest BCUT2D eigenvalue weighted by atomic mass is 35.5. The van der Waals surface area contributed by atoms with Gasteiger partial charge in [0.25, 0.3) is 10.0 Å². The molecule has 0 N–H and O–H groups in total. The second-order valence-corrected chi connectivity index (χ2v) is 6.49. The molecule has 0 bridgehead atoms. The normalized spacial score (nSPS) is 11.9. The molecule has 20 heavy (non-hydrogen) atoms. The van der Waals surface area contributed by atoms with Crippen molar-refractivity contribution in [2.45, 2.75) is 11.8 Å². The van der Waals surface area contributed by atoms with Crippen molar-refractivity contribution in [3.05, 3.63) is 53.6 Å². The first kappa shape index (κ1) is 13.1. The van der Waals surface area contributed by atoms with Crippen molar-refractivity contribution in [2.75, 3.05) is 0 Å². The summed E-state index contributed by atoms with van der Waals surface area (Å²) in [6, 6.07) is 8.26. The van der Waals surface area contributed by atoms with Crippen LogP contribution in [0.1, 0.15) is 5.56 Å². The standard InChI is InChI=1S/C13H10ClN3O2S/c1-9-2-4-10(5-3-9)20(18,19)17-7-6-11-12(17)8-15-13(14)16-11/h2-8H,1H3. The molecule has 0 aliphatic rings. The zero-order valence-corrected chi connectivity index (χ0v) is 12.1. The van der Waals surface area contributed by atoms with Crippen molar-refractivity contribution < 1.29 is 8.42 Å². The van der Waals surface area contributed by atoms with E-state index in [1.165, 1.54) is 12.4 Å². The van der Waals surface area contributed by atoms with Crippen LogP contribution < -0.4 is 0 Å². The molecular formula is C13H10ClN3O2S. The third-order valence-electron chi connectivity index (χ3n) is 2.95. The van der Waals surface area contributed by atoms with Gasteiger partial charge in [-0.25, -0.2) is 22.4 Å². The van der Waals surface area contributed by atoms with Gasteiger partial charge in [-0.15, -0.1) is 0 Å². The number of benzene rings is 1. The molecule has 0 saturated carbocycles. The lowest BCUT2D eigenvalue weighted by molar-refractivity contribution is 0.589. The van der Waals surface area contributed by atoms with Crippen molar-refractivity contribution in [1.29, 1.82) is 0 Å². The molecule has 0 spiro atoms. The first-order valence-corrected chi connectivity index (χ1v) is 7.62. The van der Waals surface area contributed by atoms with Crippen molar-refractivity contribution in [1.82, 2.24) is 13.9 Å². The Morgan fingerprint density at radius 1 is 1.15 bits per heavy atom. The largest absolute Gasteiger partial charge is 0.268 e. The van der Waals surface area contributed by atoms with E-state index in [4.69, 9.17) is 11.6 Å². The molecule has 3 rings (SSSR count). The molecule has 7 heteroatoms. The molecule has 0 amide bonds. The Bertz CT molecular complexity index is 886. The average molecular weight is 308 g/mol. The maximum Gasteiger partial charge on any atom is 0.268 e. The molecule has 0 saturated heterocycles. The lowest BCUT2D eigenvalue weighted by atomic mass is 10.2. The maximum atomic E-state index is 12.6.